The number of hydrogen-bond donors (Lipinski definition) is 2. The second-order valence-electron chi connectivity index (χ2n) is 4.00. The first-order chi connectivity index (χ1) is 8.15. The summed E-state index contributed by atoms with van der Waals surface area (Å²) in [7, 11) is 0. The maximum Gasteiger partial charge on any atom is 0.242 e. The van der Waals surface area contributed by atoms with Gasteiger partial charge in [-0.1, -0.05) is 23.7 Å². The van der Waals surface area contributed by atoms with Crippen molar-refractivity contribution in [3.63, 3.8) is 0 Å². The normalized spacial score (nSPS) is 18.9. The van der Waals surface area contributed by atoms with Gasteiger partial charge in [0.1, 0.15) is 6.04 Å². The summed E-state index contributed by atoms with van der Waals surface area (Å²) in [5.74, 6) is -0.192. The minimum atomic E-state index is -0.380. The second-order valence-corrected chi connectivity index (χ2v) is 4.44. The molecule has 1 aliphatic heterocycles. The lowest BCUT2D eigenvalue weighted by Gasteiger charge is -2.10. The predicted octanol–water partition coefficient (Wildman–Crippen LogP) is 1.23. The van der Waals surface area contributed by atoms with Crippen molar-refractivity contribution in [1.29, 1.82) is 0 Å². The third-order valence-electron chi connectivity index (χ3n) is 2.69. The lowest BCUT2D eigenvalue weighted by molar-refractivity contribution is -0.125. The number of benzene rings is 1. The van der Waals surface area contributed by atoms with Gasteiger partial charge in [-0.25, -0.2) is 0 Å². The van der Waals surface area contributed by atoms with Crippen molar-refractivity contribution in [3.8, 4) is 0 Å². The molecule has 0 spiro atoms. The van der Waals surface area contributed by atoms with Crippen LogP contribution in [-0.2, 0) is 16.1 Å². The van der Waals surface area contributed by atoms with Crippen LogP contribution < -0.4 is 10.6 Å². The van der Waals surface area contributed by atoms with Crippen molar-refractivity contribution in [3.05, 3.63) is 34.9 Å². The highest BCUT2D eigenvalue weighted by Gasteiger charge is 2.26. The van der Waals surface area contributed by atoms with Crippen LogP contribution in [0.1, 0.15) is 18.4 Å². The molecule has 1 saturated heterocycles. The fourth-order valence-corrected chi connectivity index (χ4v) is 1.85. The molecule has 0 aliphatic carbocycles. The zero-order valence-electron chi connectivity index (χ0n) is 9.20. The number of nitrogens with one attached hydrogen (secondary N) is 2. The van der Waals surface area contributed by atoms with E-state index in [1.54, 1.807) is 12.1 Å². The average molecular weight is 253 g/mol. The summed E-state index contributed by atoms with van der Waals surface area (Å²) >= 11 is 5.76. The highest BCUT2D eigenvalue weighted by Crippen LogP contribution is 2.10. The standard InChI is InChI=1S/C12H13ClN2O2/c13-9-3-1-8(2-4-9)7-14-12(17)10-5-6-11(16)15-10/h1-4,10H,5-7H2,(H,14,17)(H,15,16)/t10-/m1/s1. The van der Waals surface area contributed by atoms with Crippen molar-refractivity contribution in [2.45, 2.75) is 25.4 Å². The fraction of sp³-hybridized carbons (Fsp3) is 0.333. The Morgan fingerprint density at radius 3 is 2.71 bits per heavy atom. The molecule has 2 rings (SSSR count). The SMILES string of the molecule is O=C1CC[C@H](C(=O)NCc2ccc(Cl)cc2)N1. The second kappa shape index (κ2) is 5.19. The van der Waals surface area contributed by atoms with Crippen LogP contribution >= 0.6 is 11.6 Å². The molecule has 0 radical (unpaired) electrons. The molecule has 2 N–H and O–H groups in total. The van der Waals surface area contributed by atoms with Crippen molar-refractivity contribution in [2.75, 3.05) is 0 Å². The third kappa shape index (κ3) is 3.20. The molecule has 17 heavy (non-hydrogen) atoms. The van der Waals surface area contributed by atoms with Gasteiger partial charge in [0, 0.05) is 18.0 Å². The minimum Gasteiger partial charge on any atom is -0.350 e. The van der Waals surface area contributed by atoms with Gasteiger partial charge in [0.05, 0.1) is 0 Å². The minimum absolute atomic E-state index is 0.0587. The number of amides is 2. The maximum atomic E-state index is 11.7. The van der Waals surface area contributed by atoms with Crippen LogP contribution in [0.5, 0.6) is 0 Å². The van der Waals surface area contributed by atoms with Crippen LogP contribution in [0.15, 0.2) is 24.3 Å². The Balaban J connectivity index is 1.84. The summed E-state index contributed by atoms with van der Waals surface area (Å²) < 4.78 is 0. The molecule has 0 saturated carbocycles. The van der Waals surface area contributed by atoms with Gasteiger partial charge in [-0.2, -0.15) is 0 Å². The number of hydrogen-bond acceptors (Lipinski definition) is 2. The molecule has 1 fully saturated rings. The van der Waals surface area contributed by atoms with Gasteiger partial charge in [-0.15, -0.1) is 0 Å². The summed E-state index contributed by atoms with van der Waals surface area (Å²) in [5.41, 5.74) is 0.979. The first-order valence-electron chi connectivity index (χ1n) is 5.46. The topological polar surface area (TPSA) is 58.2 Å². The summed E-state index contributed by atoms with van der Waals surface area (Å²) in [4.78, 5) is 22.6. The molecule has 1 aromatic carbocycles. The van der Waals surface area contributed by atoms with Gasteiger partial charge < -0.3 is 10.6 Å². The number of halogens is 1. The number of rotatable bonds is 3. The monoisotopic (exact) mass is 252 g/mol. The van der Waals surface area contributed by atoms with Gasteiger partial charge in [0.25, 0.3) is 0 Å². The van der Waals surface area contributed by atoms with E-state index in [9.17, 15) is 9.59 Å². The molecular formula is C12H13ClN2O2. The van der Waals surface area contributed by atoms with E-state index in [2.05, 4.69) is 10.6 Å². The van der Waals surface area contributed by atoms with Crippen LogP contribution in [0.3, 0.4) is 0 Å². The average Bonchev–Trinajstić information content (AvgIpc) is 2.75. The van der Waals surface area contributed by atoms with E-state index in [0.717, 1.165) is 5.56 Å². The van der Waals surface area contributed by atoms with Crippen LogP contribution in [0.25, 0.3) is 0 Å². The molecule has 0 bridgehead atoms. The summed E-state index contributed by atoms with van der Waals surface area (Å²) in [6.45, 7) is 0.447. The molecule has 4 nitrogen and oxygen atoms in total. The van der Waals surface area contributed by atoms with Crippen molar-refractivity contribution >= 4 is 23.4 Å². The molecule has 90 valence electrons. The molecule has 1 aromatic rings. The van der Waals surface area contributed by atoms with E-state index in [1.807, 2.05) is 12.1 Å². The van der Waals surface area contributed by atoms with E-state index in [-0.39, 0.29) is 17.9 Å². The quantitative estimate of drug-likeness (QED) is 0.850. The Kier molecular flexibility index (Phi) is 3.64. The van der Waals surface area contributed by atoms with E-state index < -0.39 is 0 Å². The van der Waals surface area contributed by atoms with Crippen LogP contribution in [0.4, 0.5) is 0 Å². The first-order valence-corrected chi connectivity index (χ1v) is 5.84. The third-order valence-corrected chi connectivity index (χ3v) is 2.94. The van der Waals surface area contributed by atoms with Gasteiger partial charge in [-0.3, -0.25) is 9.59 Å². The highest BCUT2D eigenvalue weighted by atomic mass is 35.5. The van der Waals surface area contributed by atoms with Crippen LogP contribution in [0.2, 0.25) is 5.02 Å². The zero-order chi connectivity index (χ0) is 12.3. The van der Waals surface area contributed by atoms with Gasteiger partial charge in [0.15, 0.2) is 0 Å². The molecule has 1 aliphatic rings. The molecule has 0 unspecified atom stereocenters. The Morgan fingerprint density at radius 1 is 1.41 bits per heavy atom. The van der Waals surface area contributed by atoms with Crippen molar-refractivity contribution in [1.82, 2.24) is 10.6 Å². The molecule has 5 heteroatoms. The van der Waals surface area contributed by atoms with E-state index in [1.165, 1.54) is 0 Å². The number of carbonyl (C=O) groups excluding carboxylic acids is 2. The summed E-state index contributed by atoms with van der Waals surface area (Å²) in [6, 6.07) is 6.89. The van der Waals surface area contributed by atoms with Crippen LogP contribution in [0, 0.1) is 0 Å². The Morgan fingerprint density at radius 2 is 2.12 bits per heavy atom. The largest absolute Gasteiger partial charge is 0.350 e. The molecular weight excluding hydrogens is 240 g/mol. The van der Waals surface area contributed by atoms with E-state index in [4.69, 9.17) is 11.6 Å². The maximum absolute atomic E-state index is 11.7. The van der Waals surface area contributed by atoms with Crippen molar-refractivity contribution in [2.24, 2.45) is 0 Å². The molecule has 2 amide bonds. The van der Waals surface area contributed by atoms with Gasteiger partial charge in [0.2, 0.25) is 11.8 Å². The highest BCUT2D eigenvalue weighted by molar-refractivity contribution is 6.30. The lowest BCUT2D eigenvalue weighted by Crippen LogP contribution is -2.41. The summed E-state index contributed by atoms with van der Waals surface area (Å²) in [6.07, 6.45) is 1.00. The predicted molar refractivity (Wildman–Crippen MR) is 64.5 cm³/mol. The zero-order valence-corrected chi connectivity index (χ0v) is 9.96. The Labute approximate surface area is 104 Å². The Hall–Kier alpha value is -1.55. The molecule has 1 heterocycles. The fourth-order valence-electron chi connectivity index (χ4n) is 1.73. The molecule has 1 atom stereocenters. The Bertz CT molecular complexity index is 431. The van der Waals surface area contributed by atoms with Gasteiger partial charge in [-0.05, 0) is 24.1 Å². The van der Waals surface area contributed by atoms with Gasteiger partial charge >= 0.3 is 0 Å². The van der Waals surface area contributed by atoms with E-state index in [0.29, 0.717) is 24.4 Å². The summed E-state index contributed by atoms with van der Waals surface area (Å²) in [5, 5.41) is 6.08. The first kappa shape index (κ1) is 11.9. The molecule has 0 aromatic heterocycles. The van der Waals surface area contributed by atoms with E-state index >= 15 is 0 Å². The smallest absolute Gasteiger partial charge is 0.242 e. The number of carbonyl (C=O) groups is 2. The van der Waals surface area contributed by atoms with Crippen molar-refractivity contribution < 1.29 is 9.59 Å². The lowest BCUT2D eigenvalue weighted by atomic mass is 10.2. The van der Waals surface area contributed by atoms with Crippen LogP contribution in [-0.4, -0.2) is 17.9 Å².